The van der Waals surface area contributed by atoms with Crippen LogP contribution < -0.4 is 5.69 Å². The van der Waals surface area contributed by atoms with Crippen LogP contribution in [0.25, 0.3) is 5.65 Å². The Hall–Kier alpha value is -2.11. The summed E-state index contributed by atoms with van der Waals surface area (Å²) in [4.78, 5) is 20.0. The number of nitrogens with one attached hydrogen (secondary N) is 1. The highest BCUT2D eigenvalue weighted by molar-refractivity contribution is 7.98. The second-order valence-corrected chi connectivity index (χ2v) is 6.19. The van der Waals surface area contributed by atoms with Gasteiger partial charge in [-0.15, -0.1) is 11.3 Å². The van der Waals surface area contributed by atoms with Crippen molar-refractivity contribution in [2.45, 2.75) is 17.8 Å². The van der Waals surface area contributed by atoms with Gasteiger partial charge in [0.05, 0.1) is 6.20 Å². The lowest BCUT2D eigenvalue weighted by molar-refractivity contribution is 0.786. The molecule has 3 aromatic heterocycles. The molecule has 1 N–H and O–H groups in total. The van der Waals surface area contributed by atoms with Gasteiger partial charge in [0.2, 0.25) is 0 Å². The molecule has 0 aliphatic carbocycles. The fourth-order valence-electron chi connectivity index (χ4n) is 1.74. The molecule has 3 heterocycles. The van der Waals surface area contributed by atoms with Crippen LogP contribution >= 0.6 is 23.1 Å². The molecule has 0 bridgehead atoms. The van der Waals surface area contributed by atoms with Crippen molar-refractivity contribution in [2.75, 3.05) is 0 Å². The molecule has 0 aromatic carbocycles. The quantitative estimate of drug-likeness (QED) is 0.747. The Morgan fingerprint density at radius 3 is 3.15 bits per heavy atom. The Bertz CT molecular complexity index is 870. The molecular weight excluding hydrogens is 294 g/mol. The van der Waals surface area contributed by atoms with E-state index in [1.165, 1.54) is 28.4 Å². The highest BCUT2D eigenvalue weighted by Crippen LogP contribution is 2.22. The van der Waals surface area contributed by atoms with Crippen LogP contribution in [0.15, 0.2) is 27.6 Å². The third-order valence-corrected chi connectivity index (χ3v) is 4.49. The molecule has 0 aliphatic heterocycles. The van der Waals surface area contributed by atoms with E-state index in [0.29, 0.717) is 16.4 Å². The number of rotatable bonds is 3. The average Bonchev–Trinajstić information content (AvgIpc) is 3.02. The zero-order chi connectivity index (χ0) is 14.1. The molecule has 0 saturated heterocycles. The minimum absolute atomic E-state index is 0.292. The van der Waals surface area contributed by atoms with E-state index >= 15 is 0 Å². The van der Waals surface area contributed by atoms with Crippen molar-refractivity contribution in [3.05, 3.63) is 44.1 Å². The molecule has 100 valence electrons. The number of hydrogen-bond donors (Lipinski definition) is 1. The Labute approximate surface area is 122 Å². The molecule has 0 unspecified atom stereocenters. The van der Waals surface area contributed by atoms with Crippen molar-refractivity contribution in [1.29, 1.82) is 5.26 Å². The number of nitrogens with zero attached hydrogens (tertiary/aromatic N) is 4. The van der Waals surface area contributed by atoms with E-state index in [2.05, 4.69) is 33.4 Å². The van der Waals surface area contributed by atoms with Crippen molar-refractivity contribution in [2.24, 2.45) is 0 Å². The molecule has 3 aromatic rings. The standard InChI is InChI=1S/C12H9N5OS2/c1-7-2-8(5-19-7)6-20-11-15-10-9(3-13)4-14-17(10)12(18)16-11/h2,4-5H,6H2,1H3,(H,15,16,18). The molecule has 0 amide bonds. The summed E-state index contributed by atoms with van der Waals surface area (Å²) in [6, 6.07) is 4.08. The molecule has 8 heteroatoms. The molecule has 20 heavy (non-hydrogen) atoms. The van der Waals surface area contributed by atoms with E-state index in [0.717, 1.165) is 10.3 Å². The minimum atomic E-state index is -0.388. The molecule has 0 spiro atoms. The highest BCUT2D eigenvalue weighted by atomic mass is 32.2. The largest absolute Gasteiger partial charge is 0.350 e. The van der Waals surface area contributed by atoms with Gasteiger partial charge >= 0.3 is 5.69 Å². The van der Waals surface area contributed by atoms with Gasteiger partial charge in [-0.25, -0.2) is 9.78 Å². The summed E-state index contributed by atoms with van der Waals surface area (Å²) in [6.07, 6.45) is 1.34. The number of fused-ring (bicyclic) bond motifs is 1. The topological polar surface area (TPSA) is 86.8 Å². The summed E-state index contributed by atoms with van der Waals surface area (Å²) in [7, 11) is 0. The van der Waals surface area contributed by atoms with Gasteiger partial charge in [0.25, 0.3) is 0 Å². The predicted octanol–water partition coefficient (Wildman–Crippen LogP) is 1.95. The summed E-state index contributed by atoms with van der Waals surface area (Å²) in [5.74, 6) is 0.722. The SMILES string of the molecule is Cc1cc(CSc2nc3c(C#N)cnn3c(=O)[nH]2)cs1. The van der Waals surface area contributed by atoms with Crippen LogP contribution in [-0.2, 0) is 5.75 Å². The van der Waals surface area contributed by atoms with Crippen LogP contribution in [-0.4, -0.2) is 19.6 Å². The van der Waals surface area contributed by atoms with Crippen molar-refractivity contribution in [3.63, 3.8) is 0 Å². The van der Waals surface area contributed by atoms with Crippen LogP contribution in [0.2, 0.25) is 0 Å². The summed E-state index contributed by atoms with van der Waals surface area (Å²) in [6.45, 7) is 2.05. The first-order chi connectivity index (χ1) is 9.67. The smallest absolute Gasteiger partial charge is 0.285 e. The molecule has 0 saturated carbocycles. The second-order valence-electron chi connectivity index (χ2n) is 4.11. The number of thiophene rings is 1. The summed E-state index contributed by atoms with van der Waals surface area (Å²) < 4.78 is 1.09. The Morgan fingerprint density at radius 2 is 2.45 bits per heavy atom. The molecule has 0 fully saturated rings. The van der Waals surface area contributed by atoms with Gasteiger partial charge in [-0.1, -0.05) is 11.8 Å². The molecule has 6 nitrogen and oxygen atoms in total. The fraction of sp³-hybridized carbons (Fsp3) is 0.167. The van der Waals surface area contributed by atoms with E-state index in [-0.39, 0.29) is 5.69 Å². The van der Waals surface area contributed by atoms with Gasteiger partial charge in [-0.2, -0.15) is 14.9 Å². The molecule has 0 radical (unpaired) electrons. The van der Waals surface area contributed by atoms with Gasteiger partial charge in [-0.05, 0) is 23.9 Å². The lowest BCUT2D eigenvalue weighted by Gasteiger charge is -2.00. The number of nitriles is 1. The second kappa shape index (κ2) is 5.11. The number of aromatic nitrogens is 4. The fourth-order valence-corrected chi connectivity index (χ4v) is 3.33. The number of thioether (sulfide) groups is 1. The summed E-state index contributed by atoms with van der Waals surface area (Å²) in [5.41, 5.74) is 1.39. The van der Waals surface area contributed by atoms with E-state index in [1.54, 1.807) is 11.3 Å². The number of aromatic amines is 1. The summed E-state index contributed by atoms with van der Waals surface area (Å²) in [5, 5.41) is 15.4. The third kappa shape index (κ3) is 2.33. The van der Waals surface area contributed by atoms with Gasteiger partial charge < -0.3 is 0 Å². The van der Waals surface area contributed by atoms with Crippen molar-refractivity contribution >= 4 is 28.7 Å². The van der Waals surface area contributed by atoms with Gasteiger partial charge in [-0.3, -0.25) is 4.98 Å². The Balaban J connectivity index is 1.92. The minimum Gasteiger partial charge on any atom is -0.285 e. The lowest BCUT2D eigenvalue weighted by Crippen LogP contribution is -2.19. The maximum atomic E-state index is 11.8. The third-order valence-electron chi connectivity index (χ3n) is 2.64. The summed E-state index contributed by atoms with van der Waals surface area (Å²) >= 11 is 3.12. The maximum Gasteiger partial charge on any atom is 0.350 e. The monoisotopic (exact) mass is 303 g/mol. The Morgan fingerprint density at radius 1 is 1.60 bits per heavy atom. The van der Waals surface area contributed by atoms with E-state index < -0.39 is 0 Å². The normalized spacial score (nSPS) is 10.8. The lowest BCUT2D eigenvalue weighted by atomic mass is 10.3. The van der Waals surface area contributed by atoms with Gasteiger partial charge in [0.1, 0.15) is 11.6 Å². The van der Waals surface area contributed by atoms with Crippen LogP contribution in [0.5, 0.6) is 0 Å². The van der Waals surface area contributed by atoms with Crippen LogP contribution in [0.4, 0.5) is 0 Å². The average molecular weight is 303 g/mol. The van der Waals surface area contributed by atoms with Gasteiger partial charge in [0, 0.05) is 10.6 Å². The molecule has 3 rings (SSSR count). The van der Waals surface area contributed by atoms with Crippen molar-refractivity contribution in [1.82, 2.24) is 19.6 Å². The molecule has 0 aliphatic rings. The molecule has 0 atom stereocenters. The maximum absolute atomic E-state index is 11.8. The molecular formula is C12H9N5OS2. The van der Waals surface area contributed by atoms with E-state index in [9.17, 15) is 4.79 Å². The van der Waals surface area contributed by atoms with Gasteiger partial charge in [0.15, 0.2) is 10.8 Å². The Kier molecular flexibility index (Phi) is 3.30. The van der Waals surface area contributed by atoms with Crippen LogP contribution in [0, 0.1) is 18.3 Å². The predicted molar refractivity (Wildman–Crippen MR) is 76.9 cm³/mol. The zero-order valence-corrected chi connectivity index (χ0v) is 12.1. The zero-order valence-electron chi connectivity index (χ0n) is 10.5. The van der Waals surface area contributed by atoms with E-state index in [4.69, 9.17) is 5.26 Å². The van der Waals surface area contributed by atoms with Crippen LogP contribution in [0.1, 0.15) is 16.0 Å². The number of hydrogen-bond acceptors (Lipinski definition) is 6. The number of H-pyrrole nitrogens is 1. The highest BCUT2D eigenvalue weighted by Gasteiger charge is 2.10. The van der Waals surface area contributed by atoms with Crippen molar-refractivity contribution < 1.29 is 0 Å². The van der Waals surface area contributed by atoms with Crippen molar-refractivity contribution in [3.8, 4) is 6.07 Å². The number of aryl methyl sites for hydroxylation is 1. The first-order valence-electron chi connectivity index (χ1n) is 5.72. The first-order valence-corrected chi connectivity index (χ1v) is 7.59. The van der Waals surface area contributed by atoms with E-state index in [1.807, 2.05) is 6.07 Å². The van der Waals surface area contributed by atoms with Crippen LogP contribution in [0.3, 0.4) is 0 Å². The first kappa shape index (κ1) is 12.9.